The van der Waals surface area contributed by atoms with Crippen LogP contribution in [0.1, 0.15) is 19.3 Å². The van der Waals surface area contributed by atoms with Crippen molar-refractivity contribution >= 4 is 11.9 Å². The van der Waals surface area contributed by atoms with Crippen molar-refractivity contribution in [1.29, 1.82) is 0 Å². The van der Waals surface area contributed by atoms with E-state index < -0.39 is 0 Å². The van der Waals surface area contributed by atoms with Gasteiger partial charge in [-0.15, -0.1) is 0 Å². The number of ether oxygens (including phenoxy) is 1. The molecular weight excluding hydrogens is 208 g/mol. The molecule has 1 amide bonds. The van der Waals surface area contributed by atoms with Crippen LogP contribution in [0.2, 0.25) is 0 Å². The molecule has 5 heteroatoms. The Labute approximate surface area is 96.3 Å². The fourth-order valence-electron chi connectivity index (χ4n) is 1.79. The topological polar surface area (TPSA) is 49.9 Å². The van der Waals surface area contributed by atoms with E-state index in [0.717, 1.165) is 32.5 Å². The molecule has 16 heavy (non-hydrogen) atoms. The molecule has 0 unspecified atom stereocenters. The lowest BCUT2D eigenvalue weighted by atomic mass is 10.3. The van der Waals surface area contributed by atoms with Gasteiger partial charge >= 0.3 is 5.97 Å². The maximum Gasteiger partial charge on any atom is 0.305 e. The van der Waals surface area contributed by atoms with Crippen molar-refractivity contribution in [3.63, 3.8) is 0 Å². The number of hydrogen-bond acceptors (Lipinski definition) is 4. The van der Waals surface area contributed by atoms with Crippen molar-refractivity contribution < 1.29 is 14.3 Å². The Bertz CT molecular complexity index is 256. The number of carbonyl (C=O) groups is 2. The molecule has 0 spiro atoms. The molecule has 0 aromatic rings. The van der Waals surface area contributed by atoms with Gasteiger partial charge in [-0.1, -0.05) is 0 Å². The molecule has 92 valence electrons. The summed E-state index contributed by atoms with van der Waals surface area (Å²) in [6.07, 6.45) is 2.18. The quantitative estimate of drug-likeness (QED) is 0.641. The average Bonchev–Trinajstić information content (AvgIpc) is 2.42. The van der Waals surface area contributed by atoms with Gasteiger partial charge in [0.1, 0.15) is 0 Å². The molecule has 1 rings (SSSR count). The highest BCUT2D eigenvalue weighted by Gasteiger charge is 2.18. The second kappa shape index (κ2) is 6.48. The molecule has 1 heterocycles. The van der Waals surface area contributed by atoms with Crippen LogP contribution in [0.5, 0.6) is 0 Å². The van der Waals surface area contributed by atoms with Crippen molar-refractivity contribution in [1.82, 2.24) is 9.80 Å². The molecule has 1 aliphatic heterocycles. The largest absolute Gasteiger partial charge is 0.469 e. The highest BCUT2D eigenvalue weighted by Crippen LogP contribution is 2.04. The number of methoxy groups -OCH3 is 1. The Kier molecular flexibility index (Phi) is 5.25. The summed E-state index contributed by atoms with van der Waals surface area (Å²) in [5.74, 6) is -0.0196. The van der Waals surface area contributed by atoms with Gasteiger partial charge in [-0.2, -0.15) is 0 Å². The van der Waals surface area contributed by atoms with Gasteiger partial charge in [-0.3, -0.25) is 14.5 Å². The molecule has 0 aliphatic carbocycles. The van der Waals surface area contributed by atoms with E-state index in [4.69, 9.17) is 0 Å². The van der Waals surface area contributed by atoms with Gasteiger partial charge in [-0.25, -0.2) is 0 Å². The van der Waals surface area contributed by atoms with Gasteiger partial charge in [0.05, 0.1) is 13.7 Å². The monoisotopic (exact) mass is 228 g/mol. The van der Waals surface area contributed by atoms with Crippen LogP contribution in [-0.4, -0.2) is 62.0 Å². The van der Waals surface area contributed by atoms with Crippen LogP contribution in [0, 0.1) is 0 Å². The first-order chi connectivity index (χ1) is 7.63. The first kappa shape index (κ1) is 13.0. The smallest absolute Gasteiger partial charge is 0.305 e. The number of rotatable bonds is 4. The SMILES string of the molecule is COC(=O)CCCN1CCCN(C)C(=O)C1. The van der Waals surface area contributed by atoms with Crippen molar-refractivity contribution in [3.05, 3.63) is 0 Å². The third kappa shape index (κ3) is 4.18. The number of hydrogen-bond donors (Lipinski definition) is 0. The normalized spacial score (nSPS) is 18.4. The molecule has 0 radical (unpaired) electrons. The van der Waals surface area contributed by atoms with E-state index in [1.165, 1.54) is 7.11 Å². The van der Waals surface area contributed by atoms with Gasteiger partial charge in [0.15, 0.2) is 0 Å². The summed E-state index contributed by atoms with van der Waals surface area (Å²) < 4.78 is 4.57. The van der Waals surface area contributed by atoms with E-state index in [9.17, 15) is 9.59 Å². The molecule has 0 atom stereocenters. The van der Waals surface area contributed by atoms with Crippen molar-refractivity contribution in [2.24, 2.45) is 0 Å². The predicted molar refractivity (Wildman–Crippen MR) is 59.9 cm³/mol. The van der Waals surface area contributed by atoms with Gasteiger partial charge < -0.3 is 9.64 Å². The Morgan fingerprint density at radius 1 is 1.44 bits per heavy atom. The van der Waals surface area contributed by atoms with Crippen LogP contribution < -0.4 is 0 Å². The predicted octanol–water partition coefficient (Wildman–Crippen LogP) is 0.104. The second-order valence-electron chi connectivity index (χ2n) is 4.12. The van der Waals surface area contributed by atoms with E-state index in [1.54, 1.807) is 4.90 Å². The molecule has 1 fully saturated rings. The minimum atomic E-state index is -0.182. The lowest BCUT2D eigenvalue weighted by Crippen LogP contribution is -2.34. The third-order valence-corrected chi connectivity index (χ3v) is 2.84. The number of amides is 1. The third-order valence-electron chi connectivity index (χ3n) is 2.84. The molecule has 0 N–H and O–H groups in total. The number of carbonyl (C=O) groups excluding carboxylic acids is 2. The number of nitrogens with zero attached hydrogens (tertiary/aromatic N) is 2. The van der Waals surface area contributed by atoms with Crippen molar-refractivity contribution in [2.45, 2.75) is 19.3 Å². The highest BCUT2D eigenvalue weighted by molar-refractivity contribution is 5.78. The lowest BCUT2D eigenvalue weighted by Gasteiger charge is -2.18. The van der Waals surface area contributed by atoms with E-state index in [2.05, 4.69) is 9.64 Å². The van der Waals surface area contributed by atoms with Gasteiger partial charge in [0.2, 0.25) is 5.91 Å². The molecule has 5 nitrogen and oxygen atoms in total. The first-order valence-electron chi connectivity index (χ1n) is 5.66. The Morgan fingerprint density at radius 3 is 2.88 bits per heavy atom. The van der Waals surface area contributed by atoms with E-state index >= 15 is 0 Å². The summed E-state index contributed by atoms with van der Waals surface area (Å²) in [5, 5.41) is 0. The second-order valence-corrected chi connectivity index (χ2v) is 4.12. The van der Waals surface area contributed by atoms with Crippen LogP contribution in [0.15, 0.2) is 0 Å². The maximum absolute atomic E-state index is 11.6. The summed E-state index contributed by atoms with van der Waals surface area (Å²) in [6, 6.07) is 0. The number of likely N-dealkylation sites (N-methyl/N-ethyl adjacent to an activating group) is 1. The zero-order valence-corrected chi connectivity index (χ0v) is 10.1. The molecule has 0 saturated carbocycles. The Morgan fingerprint density at radius 2 is 2.19 bits per heavy atom. The van der Waals surface area contributed by atoms with Crippen molar-refractivity contribution in [2.75, 3.05) is 40.3 Å². The number of esters is 1. The summed E-state index contributed by atoms with van der Waals surface area (Å²) in [7, 11) is 3.23. The standard InChI is InChI=1S/C11H20N2O3/c1-12-6-4-8-13(9-10(12)14)7-3-5-11(15)16-2/h3-9H2,1-2H3. The van der Waals surface area contributed by atoms with Crippen LogP contribution >= 0.6 is 0 Å². The van der Waals surface area contributed by atoms with E-state index in [0.29, 0.717) is 13.0 Å². The van der Waals surface area contributed by atoms with Crippen LogP contribution in [0.3, 0.4) is 0 Å². The Balaban J connectivity index is 2.26. The highest BCUT2D eigenvalue weighted by atomic mass is 16.5. The minimum absolute atomic E-state index is 0.163. The fourth-order valence-corrected chi connectivity index (χ4v) is 1.79. The zero-order valence-electron chi connectivity index (χ0n) is 10.1. The first-order valence-corrected chi connectivity index (χ1v) is 5.66. The summed E-state index contributed by atoms with van der Waals surface area (Å²) in [4.78, 5) is 26.4. The van der Waals surface area contributed by atoms with Gasteiger partial charge in [0.25, 0.3) is 0 Å². The summed E-state index contributed by atoms with van der Waals surface area (Å²) >= 11 is 0. The fraction of sp³-hybridized carbons (Fsp3) is 0.818. The van der Waals surface area contributed by atoms with E-state index in [1.807, 2.05) is 7.05 Å². The summed E-state index contributed by atoms with van der Waals surface area (Å²) in [5.41, 5.74) is 0. The molecule has 1 aliphatic rings. The van der Waals surface area contributed by atoms with Crippen LogP contribution in [0.25, 0.3) is 0 Å². The average molecular weight is 228 g/mol. The maximum atomic E-state index is 11.6. The summed E-state index contributed by atoms with van der Waals surface area (Å²) in [6.45, 7) is 3.01. The van der Waals surface area contributed by atoms with E-state index in [-0.39, 0.29) is 11.9 Å². The van der Waals surface area contributed by atoms with Crippen LogP contribution in [-0.2, 0) is 14.3 Å². The van der Waals surface area contributed by atoms with Crippen LogP contribution in [0.4, 0.5) is 0 Å². The Hall–Kier alpha value is -1.10. The molecule has 0 aromatic carbocycles. The lowest BCUT2D eigenvalue weighted by molar-refractivity contribution is -0.140. The van der Waals surface area contributed by atoms with Crippen molar-refractivity contribution in [3.8, 4) is 0 Å². The van der Waals surface area contributed by atoms with Gasteiger partial charge in [-0.05, 0) is 19.4 Å². The molecule has 1 saturated heterocycles. The van der Waals surface area contributed by atoms with Gasteiger partial charge in [0, 0.05) is 26.6 Å². The molecular formula is C11H20N2O3. The minimum Gasteiger partial charge on any atom is -0.469 e. The zero-order chi connectivity index (χ0) is 12.0. The molecule has 0 bridgehead atoms. The molecule has 0 aromatic heterocycles.